The number of fused-ring (bicyclic) bond motifs is 1. The Morgan fingerprint density at radius 1 is 1.00 bits per heavy atom. The molecule has 0 bridgehead atoms. The van der Waals surface area contributed by atoms with Gasteiger partial charge < -0.3 is 24.1 Å². The van der Waals surface area contributed by atoms with Gasteiger partial charge in [0.1, 0.15) is 23.6 Å². The van der Waals surface area contributed by atoms with Crippen molar-refractivity contribution in [1.29, 1.82) is 0 Å². The number of benzene rings is 2. The van der Waals surface area contributed by atoms with Crippen LogP contribution >= 0.6 is 11.6 Å². The zero-order valence-corrected chi connectivity index (χ0v) is 23.5. The Bertz CT molecular complexity index is 994. The van der Waals surface area contributed by atoms with Gasteiger partial charge in [0.15, 0.2) is 0 Å². The monoisotopic (exact) mass is 530 g/mol. The molecule has 0 aromatic heterocycles. The molecule has 1 aliphatic carbocycles. The first-order chi connectivity index (χ1) is 17.9. The van der Waals surface area contributed by atoms with Gasteiger partial charge in [0, 0.05) is 24.2 Å². The van der Waals surface area contributed by atoms with Gasteiger partial charge in [-0.25, -0.2) is 0 Å². The van der Waals surface area contributed by atoms with Crippen LogP contribution < -0.4 is 4.74 Å². The lowest BCUT2D eigenvalue weighted by molar-refractivity contribution is -0.226. The van der Waals surface area contributed by atoms with Gasteiger partial charge in [-0.1, -0.05) is 62.6 Å². The highest BCUT2D eigenvalue weighted by Gasteiger charge is 2.69. The summed E-state index contributed by atoms with van der Waals surface area (Å²) in [6.45, 7) is 10.1. The third kappa shape index (κ3) is 6.51. The van der Waals surface area contributed by atoms with E-state index in [1.54, 1.807) is 0 Å². The number of rotatable bonds is 14. The van der Waals surface area contributed by atoms with Crippen LogP contribution in [0.1, 0.15) is 82.6 Å². The second-order valence-corrected chi connectivity index (χ2v) is 10.9. The summed E-state index contributed by atoms with van der Waals surface area (Å²) in [5, 5.41) is 11.5. The van der Waals surface area contributed by atoms with Crippen molar-refractivity contribution >= 4 is 11.6 Å². The van der Waals surface area contributed by atoms with E-state index in [9.17, 15) is 5.11 Å². The van der Waals surface area contributed by atoms with Crippen molar-refractivity contribution in [1.82, 2.24) is 0 Å². The number of ether oxygens (including phenoxy) is 4. The van der Waals surface area contributed by atoms with Gasteiger partial charge >= 0.3 is 0 Å². The van der Waals surface area contributed by atoms with Crippen LogP contribution in [0, 0.1) is 5.92 Å². The molecule has 6 atom stereocenters. The molecule has 0 spiro atoms. The van der Waals surface area contributed by atoms with Crippen molar-refractivity contribution < 1.29 is 24.1 Å². The first-order valence-corrected chi connectivity index (χ1v) is 14.4. The number of unbranched alkanes of at least 4 members (excludes halogenated alkanes) is 2. The van der Waals surface area contributed by atoms with E-state index in [-0.39, 0.29) is 24.2 Å². The topological polar surface area (TPSA) is 57.2 Å². The predicted molar refractivity (Wildman–Crippen MR) is 148 cm³/mol. The van der Waals surface area contributed by atoms with Crippen molar-refractivity contribution in [2.24, 2.45) is 5.92 Å². The van der Waals surface area contributed by atoms with E-state index < -0.39 is 11.7 Å². The molecular formula is C31H43ClO5. The molecule has 0 radical (unpaired) electrons. The molecule has 0 amide bonds. The zero-order chi connectivity index (χ0) is 26.4. The standard InChI is InChI=1S/C31H43ClO5/c1-5-8-16-35-29-26-20-31(26,21(4)33)37-28(30(29)36-17-9-6-2)23-12-15-27(32)24(19-23)18-22-10-13-25(14-11-22)34-7-3/h10-15,19,21,26,28-30,33H,5-9,16-18,20H2,1-4H3/t21?,26-,28+,29+,30+,31+/m1/s1. The van der Waals surface area contributed by atoms with Gasteiger partial charge in [-0.3, -0.25) is 0 Å². The molecule has 1 saturated heterocycles. The molecule has 1 aliphatic heterocycles. The molecule has 2 fully saturated rings. The second kappa shape index (κ2) is 12.9. The summed E-state index contributed by atoms with van der Waals surface area (Å²) in [6.07, 6.45) is 4.36. The van der Waals surface area contributed by atoms with Crippen molar-refractivity contribution in [2.75, 3.05) is 19.8 Å². The van der Waals surface area contributed by atoms with Crippen LogP contribution in [0.2, 0.25) is 5.02 Å². The molecule has 1 saturated carbocycles. The van der Waals surface area contributed by atoms with Crippen LogP contribution in [0.25, 0.3) is 0 Å². The molecule has 2 aromatic rings. The largest absolute Gasteiger partial charge is 0.494 e. The molecule has 2 aromatic carbocycles. The second-order valence-electron chi connectivity index (χ2n) is 10.5. The van der Waals surface area contributed by atoms with Gasteiger partial charge in [0.05, 0.1) is 18.8 Å². The molecule has 37 heavy (non-hydrogen) atoms. The first kappa shape index (κ1) is 28.4. The Morgan fingerprint density at radius 3 is 2.30 bits per heavy atom. The smallest absolute Gasteiger partial charge is 0.119 e. The van der Waals surface area contributed by atoms with Crippen LogP contribution in [-0.4, -0.2) is 48.8 Å². The maximum absolute atomic E-state index is 10.7. The zero-order valence-electron chi connectivity index (χ0n) is 22.8. The fourth-order valence-electron chi connectivity index (χ4n) is 5.47. The Labute approximate surface area is 227 Å². The molecule has 4 rings (SSSR count). The van der Waals surface area contributed by atoms with E-state index in [0.717, 1.165) is 59.6 Å². The quantitative estimate of drug-likeness (QED) is 0.269. The minimum Gasteiger partial charge on any atom is -0.494 e. The SMILES string of the molecule is CCCCO[C@@H]1[C@@H](OCCCC)[C@H](c2ccc(Cl)c(Cc3ccc(OCC)cc3)c2)O[C@]2(C(C)O)C[C@H]12. The van der Waals surface area contributed by atoms with Crippen molar-refractivity contribution in [3.63, 3.8) is 0 Å². The summed E-state index contributed by atoms with van der Waals surface area (Å²) >= 11 is 6.67. The van der Waals surface area contributed by atoms with Gasteiger partial charge in [0.2, 0.25) is 0 Å². The molecule has 204 valence electrons. The highest BCUT2D eigenvalue weighted by molar-refractivity contribution is 6.31. The number of aliphatic hydroxyl groups excluding tert-OH is 1. The fraction of sp³-hybridized carbons (Fsp3) is 0.613. The average molecular weight is 531 g/mol. The Kier molecular flexibility index (Phi) is 9.93. The van der Waals surface area contributed by atoms with E-state index in [1.807, 2.05) is 38.1 Å². The maximum Gasteiger partial charge on any atom is 0.119 e. The summed E-state index contributed by atoms with van der Waals surface area (Å²) in [7, 11) is 0. The average Bonchev–Trinajstić information content (AvgIpc) is 3.64. The third-order valence-corrected chi connectivity index (χ3v) is 8.09. The fourth-order valence-corrected chi connectivity index (χ4v) is 5.66. The van der Waals surface area contributed by atoms with E-state index in [0.29, 0.717) is 26.2 Å². The Morgan fingerprint density at radius 2 is 1.68 bits per heavy atom. The predicted octanol–water partition coefficient (Wildman–Crippen LogP) is 6.91. The Hall–Kier alpha value is -1.63. The summed E-state index contributed by atoms with van der Waals surface area (Å²) in [5.74, 6) is 1.01. The lowest BCUT2D eigenvalue weighted by Gasteiger charge is -2.42. The maximum atomic E-state index is 10.7. The number of aliphatic hydroxyl groups is 1. The summed E-state index contributed by atoms with van der Waals surface area (Å²) in [4.78, 5) is 0. The molecule has 1 heterocycles. The minimum absolute atomic E-state index is 0.109. The third-order valence-electron chi connectivity index (χ3n) is 7.72. The summed E-state index contributed by atoms with van der Waals surface area (Å²) in [5.41, 5.74) is 2.63. The highest BCUT2D eigenvalue weighted by Crippen LogP contribution is 2.60. The number of hydrogen-bond donors (Lipinski definition) is 1. The molecule has 1 N–H and O–H groups in total. The molecule has 1 unspecified atom stereocenters. The lowest BCUT2D eigenvalue weighted by atomic mass is 9.90. The first-order valence-electron chi connectivity index (χ1n) is 14.0. The highest BCUT2D eigenvalue weighted by atomic mass is 35.5. The van der Waals surface area contributed by atoms with Gasteiger partial charge in [-0.2, -0.15) is 0 Å². The van der Waals surface area contributed by atoms with Crippen molar-refractivity contribution in [2.45, 2.75) is 96.2 Å². The van der Waals surface area contributed by atoms with Gasteiger partial charge in [0.25, 0.3) is 0 Å². The van der Waals surface area contributed by atoms with E-state index in [4.69, 9.17) is 30.5 Å². The molecule has 5 nitrogen and oxygen atoms in total. The van der Waals surface area contributed by atoms with E-state index in [2.05, 4.69) is 32.0 Å². The molecule has 6 heteroatoms. The molecule has 2 aliphatic rings. The Balaban J connectivity index is 1.62. The minimum atomic E-state index is -0.582. The normalized spacial score (nSPS) is 27.5. The lowest BCUT2D eigenvalue weighted by Crippen LogP contribution is -2.51. The summed E-state index contributed by atoms with van der Waals surface area (Å²) < 4.78 is 25.3. The van der Waals surface area contributed by atoms with Crippen LogP contribution in [0.4, 0.5) is 0 Å². The van der Waals surface area contributed by atoms with Gasteiger partial charge in [-0.15, -0.1) is 0 Å². The summed E-state index contributed by atoms with van der Waals surface area (Å²) in [6, 6.07) is 14.3. The molecular weight excluding hydrogens is 488 g/mol. The van der Waals surface area contributed by atoms with Crippen molar-refractivity contribution in [3.8, 4) is 5.75 Å². The van der Waals surface area contributed by atoms with E-state index >= 15 is 0 Å². The van der Waals surface area contributed by atoms with Crippen LogP contribution in [0.5, 0.6) is 5.75 Å². The number of hydrogen-bond acceptors (Lipinski definition) is 5. The number of halogens is 1. The van der Waals surface area contributed by atoms with E-state index in [1.165, 1.54) is 0 Å². The van der Waals surface area contributed by atoms with Crippen molar-refractivity contribution in [3.05, 3.63) is 64.2 Å². The van der Waals surface area contributed by atoms with Gasteiger partial charge in [-0.05, 0) is 74.4 Å². The van der Waals surface area contributed by atoms with Crippen LogP contribution in [0.15, 0.2) is 42.5 Å². The van der Waals surface area contributed by atoms with Crippen LogP contribution in [0.3, 0.4) is 0 Å². The van der Waals surface area contributed by atoms with Crippen LogP contribution in [-0.2, 0) is 20.6 Å².